The molecule has 1 fully saturated rings. The number of rotatable bonds is 5. The zero-order valence-corrected chi connectivity index (χ0v) is 10.3. The van der Waals surface area contributed by atoms with Crippen molar-refractivity contribution in [1.29, 1.82) is 0 Å². The standard InChI is InChI=1S/C13H19NO3/c1-13(8-14-9-13)17-7-12(15)10-4-3-5-11(6-10)16-2/h3-6,12,14-15H,7-9H2,1-2H3. The normalized spacial score (nSPS) is 19.5. The van der Waals surface area contributed by atoms with Crippen LogP contribution in [-0.4, -0.2) is 37.5 Å². The van der Waals surface area contributed by atoms with Crippen LogP contribution < -0.4 is 10.1 Å². The Labute approximate surface area is 102 Å². The molecular formula is C13H19NO3. The Balaban J connectivity index is 1.91. The summed E-state index contributed by atoms with van der Waals surface area (Å²) in [5.41, 5.74) is 0.695. The lowest BCUT2D eigenvalue weighted by molar-refractivity contribution is -0.0967. The summed E-state index contributed by atoms with van der Waals surface area (Å²) < 4.78 is 10.8. The Morgan fingerprint density at radius 3 is 2.82 bits per heavy atom. The second-order valence-electron chi connectivity index (χ2n) is 4.66. The summed E-state index contributed by atoms with van der Waals surface area (Å²) in [6, 6.07) is 7.42. The Kier molecular flexibility index (Phi) is 3.66. The van der Waals surface area contributed by atoms with Crippen LogP contribution in [0.5, 0.6) is 5.75 Å². The second-order valence-corrected chi connectivity index (χ2v) is 4.66. The van der Waals surface area contributed by atoms with Crippen LogP contribution in [0.4, 0.5) is 0 Å². The van der Waals surface area contributed by atoms with Crippen LogP contribution in [0.1, 0.15) is 18.6 Å². The molecule has 4 heteroatoms. The number of aliphatic hydroxyl groups excluding tert-OH is 1. The van der Waals surface area contributed by atoms with Gasteiger partial charge in [0.2, 0.25) is 0 Å². The highest BCUT2D eigenvalue weighted by molar-refractivity contribution is 5.29. The summed E-state index contributed by atoms with van der Waals surface area (Å²) in [5, 5.41) is 13.2. The molecule has 1 heterocycles. The molecule has 1 aliphatic heterocycles. The molecule has 1 saturated heterocycles. The maximum absolute atomic E-state index is 10.0. The maximum atomic E-state index is 10.0. The Morgan fingerprint density at radius 1 is 1.47 bits per heavy atom. The van der Waals surface area contributed by atoms with Crippen LogP contribution >= 0.6 is 0 Å². The van der Waals surface area contributed by atoms with Crippen molar-refractivity contribution in [2.45, 2.75) is 18.6 Å². The van der Waals surface area contributed by atoms with Crippen molar-refractivity contribution in [2.24, 2.45) is 0 Å². The predicted molar refractivity (Wildman–Crippen MR) is 65.2 cm³/mol. The monoisotopic (exact) mass is 237 g/mol. The van der Waals surface area contributed by atoms with E-state index in [2.05, 4.69) is 5.32 Å². The van der Waals surface area contributed by atoms with Crippen molar-refractivity contribution in [1.82, 2.24) is 5.32 Å². The first-order valence-corrected chi connectivity index (χ1v) is 5.80. The Morgan fingerprint density at radius 2 is 2.24 bits per heavy atom. The summed E-state index contributed by atoms with van der Waals surface area (Å²) in [7, 11) is 1.61. The number of hydrogen-bond donors (Lipinski definition) is 2. The van der Waals surface area contributed by atoms with Crippen molar-refractivity contribution in [3.05, 3.63) is 29.8 Å². The van der Waals surface area contributed by atoms with Gasteiger partial charge in [-0.05, 0) is 24.6 Å². The summed E-state index contributed by atoms with van der Waals surface area (Å²) in [6.07, 6.45) is -0.609. The van der Waals surface area contributed by atoms with Gasteiger partial charge in [0.15, 0.2) is 0 Å². The first-order valence-electron chi connectivity index (χ1n) is 5.80. The highest BCUT2D eigenvalue weighted by Crippen LogP contribution is 2.22. The van der Waals surface area contributed by atoms with E-state index in [1.54, 1.807) is 7.11 Å². The van der Waals surface area contributed by atoms with Gasteiger partial charge in [0.25, 0.3) is 0 Å². The lowest BCUT2D eigenvalue weighted by atomic mass is 10.00. The molecule has 0 bridgehead atoms. The molecule has 4 nitrogen and oxygen atoms in total. The predicted octanol–water partition coefficient (Wildman–Crippen LogP) is 1.11. The molecule has 2 rings (SSSR count). The Hall–Kier alpha value is -1.10. The van der Waals surface area contributed by atoms with E-state index in [9.17, 15) is 5.11 Å². The molecule has 0 aliphatic carbocycles. The molecule has 1 aliphatic rings. The SMILES string of the molecule is COc1cccc(C(O)COC2(C)CNC2)c1. The number of methoxy groups -OCH3 is 1. The van der Waals surface area contributed by atoms with Gasteiger partial charge in [-0.25, -0.2) is 0 Å². The van der Waals surface area contributed by atoms with Crippen LogP contribution in [0.3, 0.4) is 0 Å². The third-order valence-electron chi connectivity index (χ3n) is 3.07. The maximum Gasteiger partial charge on any atom is 0.119 e. The number of benzene rings is 1. The minimum absolute atomic E-state index is 0.125. The van der Waals surface area contributed by atoms with Gasteiger partial charge in [0.05, 0.1) is 19.3 Å². The topological polar surface area (TPSA) is 50.7 Å². The van der Waals surface area contributed by atoms with Gasteiger partial charge >= 0.3 is 0 Å². The minimum Gasteiger partial charge on any atom is -0.497 e. The van der Waals surface area contributed by atoms with Gasteiger partial charge in [-0.2, -0.15) is 0 Å². The molecular weight excluding hydrogens is 218 g/mol. The van der Waals surface area contributed by atoms with Gasteiger partial charge in [-0.1, -0.05) is 12.1 Å². The molecule has 94 valence electrons. The summed E-state index contributed by atoms with van der Waals surface area (Å²) in [6.45, 7) is 4.04. The van der Waals surface area contributed by atoms with Crippen LogP contribution in [0.15, 0.2) is 24.3 Å². The molecule has 0 saturated carbocycles. The van der Waals surface area contributed by atoms with Crippen molar-refractivity contribution in [3.63, 3.8) is 0 Å². The lowest BCUT2D eigenvalue weighted by Gasteiger charge is -2.39. The summed E-state index contributed by atoms with van der Waals surface area (Å²) in [4.78, 5) is 0. The van der Waals surface area contributed by atoms with E-state index in [4.69, 9.17) is 9.47 Å². The van der Waals surface area contributed by atoms with E-state index >= 15 is 0 Å². The third-order valence-corrected chi connectivity index (χ3v) is 3.07. The average Bonchev–Trinajstić information content (AvgIpc) is 2.33. The average molecular weight is 237 g/mol. The van der Waals surface area contributed by atoms with Crippen molar-refractivity contribution < 1.29 is 14.6 Å². The van der Waals surface area contributed by atoms with Crippen LogP contribution in [-0.2, 0) is 4.74 Å². The van der Waals surface area contributed by atoms with E-state index in [1.165, 1.54) is 0 Å². The molecule has 0 aromatic heterocycles. The molecule has 0 amide bonds. The largest absolute Gasteiger partial charge is 0.497 e. The van der Waals surface area contributed by atoms with Gasteiger partial charge in [-0.15, -0.1) is 0 Å². The van der Waals surface area contributed by atoms with Crippen LogP contribution in [0.2, 0.25) is 0 Å². The molecule has 1 aromatic carbocycles. The number of nitrogens with one attached hydrogen (secondary N) is 1. The molecule has 0 radical (unpaired) electrons. The Bertz CT molecular complexity index is 377. The van der Waals surface area contributed by atoms with E-state index in [0.29, 0.717) is 6.61 Å². The van der Waals surface area contributed by atoms with Crippen molar-refractivity contribution >= 4 is 0 Å². The van der Waals surface area contributed by atoms with Gasteiger partial charge in [-0.3, -0.25) is 0 Å². The molecule has 1 atom stereocenters. The number of hydrogen-bond acceptors (Lipinski definition) is 4. The quantitative estimate of drug-likeness (QED) is 0.805. The fraction of sp³-hybridized carbons (Fsp3) is 0.538. The molecule has 1 aromatic rings. The lowest BCUT2D eigenvalue weighted by Crippen LogP contribution is -2.59. The number of aliphatic hydroxyl groups is 1. The zero-order chi connectivity index (χ0) is 12.3. The fourth-order valence-corrected chi connectivity index (χ4v) is 1.80. The smallest absolute Gasteiger partial charge is 0.119 e. The van der Waals surface area contributed by atoms with Gasteiger partial charge < -0.3 is 19.9 Å². The van der Waals surface area contributed by atoms with E-state index in [0.717, 1.165) is 24.4 Å². The molecule has 2 N–H and O–H groups in total. The summed E-state index contributed by atoms with van der Waals surface area (Å²) in [5.74, 6) is 0.748. The highest BCUT2D eigenvalue weighted by Gasteiger charge is 2.33. The van der Waals surface area contributed by atoms with E-state index in [-0.39, 0.29) is 5.60 Å². The third kappa shape index (κ3) is 2.97. The zero-order valence-electron chi connectivity index (χ0n) is 10.3. The minimum atomic E-state index is -0.609. The molecule has 17 heavy (non-hydrogen) atoms. The first-order chi connectivity index (χ1) is 8.13. The van der Waals surface area contributed by atoms with Crippen molar-refractivity contribution in [2.75, 3.05) is 26.8 Å². The number of ether oxygens (including phenoxy) is 2. The van der Waals surface area contributed by atoms with Gasteiger partial charge in [0, 0.05) is 13.1 Å². The van der Waals surface area contributed by atoms with Crippen LogP contribution in [0.25, 0.3) is 0 Å². The van der Waals surface area contributed by atoms with E-state index in [1.807, 2.05) is 31.2 Å². The van der Waals surface area contributed by atoms with Crippen molar-refractivity contribution in [3.8, 4) is 5.75 Å². The molecule has 1 unspecified atom stereocenters. The van der Waals surface area contributed by atoms with E-state index < -0.39 is 6.10 Å². The summed E-state index contributed by atoms with van der Waals surface area (Å²) >= 11 is 0. The first kappa shape index (κ1) is 12.4. The highest BCUT2D eigenvalue weighted by atomic mass is 16.5. The second kappa shape index (κ2) is 5.04. The van der Waals surface area contributed by atoms with Gasteiger partial charge in [0.1, 0.15) is 11.9 Å². The van der Waals surface area contributed by atoms with Crippen LogP contribution in [0, 0.1) is 0 Å². The fourth-order valence-electron chi connectivity index (χ4n) is 1.80. The molecule has 0 spiro atoms.